The van der Waals surface area contributed by atoms with Gasteiger partial charge in [0, 0.05) is 44.2 Å². The Morgan fingerprint density at radius 2 is 1.92 bits per heavy atom. The van der Waals surface area contributed by atoms with Crippen molar-refractivity contribution in [3.8, 4) is 11.3 Å². The number of hydrogen-bond donors (Lipinski definition) is 1. The molecule has 4 rings (SSSR count). The molecule has 2 aliphatic rings. The molecule has 6 heteroatoms. The first-order chi connectivity index (χ1) is 12.8. The summed E-state index contributed by atoms with van der Waals surface area (Å²) >= 11 is 0. The lowest BCUT2D eigenvalue weighted by molar-refractivity contribution is -0.139. The average molecular weight is 351 g/mol. The predicted molar refractivity (Wildman–Crippen MR) is 102 cm³/mol. The van der Waals surface area contributed by atoms with Crippen LogP contribution in [0.25, 0.3) is 11.3 Å². The predicted octanol–water partition coefficient (Wildman–Crippen LogP) is 1.92. The molecule has 2 saturated heterocycles. The van der Waals surface area contributed by atoms with Crippen LogP contribution in [-0.2, 0) is 4.79 Å². The van der Waals surface area contributed by atoms with E-state index in [2.05, 4.69) is 21.2 Å². The minimum absolute atomic E-state index is 0.261. The first kappa shape index (κ1) is 17.0. The molecule has 0 spiro atoms. The first-order valence-corrected chi connectivity index (χ1v) is 9.40. The zero-order chi connectivity index (χ0) is 17.9. The Hall–Kier alpha value is -2.47. The van der Waals surface area contributed by atoms with Gasteiger partial charge in [-0.3, -0.25) is 4.79 Å². The van der Waals surface area contributed by atoms with Crippen LogP contribution in [0.15, 0.2) is 42.5 Å². The molecular weight excluding hydrogens is 326 g/mol. The van der Waals surface area contributed by atoms with Gasteiger partial charge >= 0.3 is 0 Å². The molecule has 2 fully saturated rings. The highest BCUT2D eigenvalue weighted by atomic mass is 16.2. The third-order valence-electron chi connectivity index (χ3n) is 5.56. The van der Waals surface area contributed by atoms with Crippen molar-refractivity contribution < 1.29 is 4.79 Å². The molecule has 2 aliphatic heterocycles. The number of benzene rings is 1. The highest BCUT2D eigenvalue weighted by molar-refractivity contribution is 5.77. The molecule has 0 aliphatic carbocycles. The van der Waals surface area contributed by atoms with Gasteiger partial charge in [0.2, 0.25) is 5.91 Å². The maximum absolute atomic E-state index is 12.2. The molecule has 0 radical (unpaired) electrons. The fraction of sp³-hybridized carbons (Fsp3) is 0.450. The number of anilines is 1. The van der Waals surface area contributed by atoms with Gasteiger partial charge in [0.1, 0.15) is 0 Å². The Balaban J connectivity index is 1.46. The van der Waals surface area contributed by atoms with Crippen molar-refractivity contribution in [1.29, 1.82) is 0 Å². The van der Waals surface area contributed by atoms with E-state index >= 15 is 0 Å². The van der Waals surface area contributed by atoms with E-state index in [1.807, 2.05) is 41.3 Å². The standard InChI is InChI=1S/C20H25N5O/c21-11-13-25-18-10-12-24(14-16(18)6-9-20(25)26)19-8-7-17(22-23-19)15-4-2-1-3-5-15/h1-5,7-8,16,18H,6,9-14,21H2/t16-,18+/m1/s1. The van der Waals surface area contributed by atoms with E-state index in [-0.39, 0.29) is 5.91 Å². The smallest absolute Gasteiger partial charge is 0.222 e. The number of carbonyl (C=O) groups excluding carboxylic acids is 1. The van der Waals surface area contributed by atoms with Gasteiger partial charge in [-0.1, -0.05) is 30.3 Å². The Labute approximate surface area is 154 Å². The monoisotopic (exact) mass is 351 g/mol. The molecule has 6 nitrogen and oxygen atoms in total. The summed E-state index contributed by atoms with van der Waals surface area (Å²) < 4.78 is 0. The minimum Gasteiger partial charge on any atom is -0.355 e. The summed E-state index contributed by atoms with van der Waals surface area (Å²) in [5.74, 6) is 1.67. The van der Waals surface area contributed by atoms with Crippen molar-refractivity contribution in [2.75, 3.05) is 31.1 Å². The van der Waals surface area contributed by atoms with Crippen LogP contribution in [0.5, 0.6) is 0 Å². The van der Waals surface area contributed by atoms with Crippen LogP contribution in [0.3, 0.4) is 0 Å². The SMILES string of the molecule is NCCN1C(=O)CC[C@@H]2CN(c3ccc(-c4ccccc4)nn3)CC[C@@H]21. The lowest BCUT2D eigenvalue weighted by atomic mass is 9.83. The summed E-state index contributed by atoms with van der Waals surface area (Å²) in [4.78, 5) is 16.5. The molecule has 3 heterocycles. The number of carbonyl (C=O) groups is 1. The van der Waals surface area contributed by atoms with Gasteiger partial charge in [0.15, 0.2) is 5.82 Å². The van der Waals surface area contributed by atoms with Crippen LogP contribution in [0, 0.1) is 5.92 Å². The molecule has 1 aromatic heterocycles. The van der Waals surface area contributed by atoms with Gasteiger partial charge in [-0.2, -0.15) is 0 Å². The number of fused-ring (bicyclic) bond motifs is 1. The van der Waals surface area contributed by atoms with E-state index in [1.165, 1.54) is 0 Å². The summed E-state index contributed by atoms with van der Waals surface area (Å²) in [6.07, 6.45) is 2.56. The Morgan fingerprint density at radius 3 is 2.65 bits per heavy atom. The highest BCUT2D eigenvalue weighted by Crippen LogP contribution is 2.32. The highest BCUT2D eigenvalue weighted by Gasteiger charge is 2.39. The second-order valence-corrected chi connectivity index (χ2v) is 7.12. The van der Waals surface area contributed by atoms with E-state index in [9.17, 15) is 4.79 Å². The van der Waals surface area contributed by atoms with E-state index < -0.39 is 0 Å². The third kappa shape index (κ3) is 3.29. The van der Waals surface area contributed by atoms with E-state index in [0.29, 0.717) is 31.5 Å². The number of aromatic nitrogens is 2. The summed E-state index contributed by atoms with van der Waals surface area (Å²) in [5.41, 5.74) is 7.67. The Kier molecular flexibility index (Phi) is 4.84. The molecule has 1 amide bonds. The van der Waals surface area contributed by atoms with Crippen molar-refractivity contribution in [3.05, 3.63) is 42.5 Å². The van der Waals surface area contributed by atoms with Crippen molar-refractivity contribution in [1.82, 2.24) is 15.1 Å². The number of amides is 1. The zero-order valence-electron chi connectivity index (χ0n) is 14.9. The van der Waals surface area contributed by atoms with Gasteiger partial charge in [-0.15, -0.1) is 10.2 Å². The van der Waals surface area contributed by atoms with Crippen LogP contribution in [0.2, 0.25) is 0 Å². The van der Waals surface area contributed by atoms with Gasteiger partial charge in [-0.25, -0.2) is 0 Å². The number of likely N-dealkylation sites (tertiary alicyclic amines) is 1. The molecule has 0 unspecified atom stereocenters. The summed E-state index contributed by atoms with van der Waals surface area (Å²) in [6, 6.07) is 14.5. The summed E-state index contributed by atoms with van der Waals surface area (Å²) in [6.45, 7) is 3.03. The average Bonchev–Trinajstić information content (AvgIpc) is 2.71. The molecule has 2 N–H and O–H groups in total. The van der Waals surface area contributed by atoms with Crippen molar-refractivity contribution in [3.63, 3.8) is 0 Å². The second-order valence-electron chi connectivity index (χ2n) is 7.12. The number of piperidine rings is 2. The maximum Gasteiger partial charge on any atom is 0.222 e. The van der Waals surface area contributed by atoms with Crippen LogP contribution in [0.4, 0.5) is 5.82 Å². The second kappa shape index (κ2) is 7.41. The Morgan fingerprint density at radius 1 is 1.08 bits per heavy atom. The van der Waals surface area contributed by atoms with Gasteiger partial charge in [0.25, 0.3) is 0 Å². The van der Waals surface area contributed by atoms with Crippen LogP contribution < -0.4 is 10.6 Å². The fourth-order valence-electron chi connectivity index (χ4n) is 4.25. The van der Waals surface area contributed by atoms with E-state index in [4.69, 9.17) is 5.73 Å². The van der Waals surface area contributed by atoms with Crippen molar-refractivity contribution in [2.45, 2.75) is 25.3 Å². The van der Waals surface area contributed by atoms with Crippen molar-refractivity contribution >= 4 is 11.7 Å². The van der Waals surface area contributed by atoms with Gasteiger partial charge < -0.3 is 15.5 Å². The number of nitrogens with two attached hydrogens (primary N) is 1. The number of rotatable bonds is 4. The largest absolute Gasteiger partial charge is 0.355 e. The third-order valence-corrected chi connectivity index (χ3v) is 5.56. The van der Waals surface area contributed by atoms with Crippen molar-refractivity contribution in [2.24, 2.45) is 11.7 Å². The fourth-order valence-corrected chi connectivity index (χ4v) is 4.25. The summed E-state index contributed by atoms with van der Waals surface area (Å²) in [7, 11) is 0. The molecule has 0 bridgehead atoms. The molecule has 2 atom stereocenters. The maximum atomic E-state index is 12.2. The van der Waals surface area contributed by atoms with Crippen LogP contribution in [0.1, 0.15) is 19.3 Å². The Bertz CT molecular complexity index is 749. The lowest BCUT2D eigenvalue weighted by Gasteiger charge is -2.47. The first-order valence-electron chi connectivity index (χ1n) is 9.40. The topological polar surface area (TPSA) is 75.3 Å². The van der Waals surface area contributed by atoms with Gasteiger partial charge in [-0.05, 0) is 30.9 Å². The lowest BCUT2D eigenvalue weighted by Crippen LogP contribution is -2.57. The molecule has 0 saturated carbocycles. The van der Waals surface area contributed by atoms with E-state index in [0.717, 1.165) is 43.0 Å². The molecule has 2 aromatic rings. The van der Waals surface area contributed by atoms with Crippen LogP contribution in [-0.4, -0.2) is 53.2 Å². The minimum atomic E-state index is 0.261. The van der Waals surface area contributed by atoms with Crippen LogP contribution >= 0.6 is 0 Å². The van der Waals surface area contributed by atoms with E-state index in [1.54, 1.807) is 0 Å². The quantitative estimate of drug-likeness (QED) is 0.911. The molecule has 1 aromatic carbocycles. The normalized spacial score (nSPS) is 23.0. The number of hydrogen-bond acceptors (Lipinski definition) is 5. The molecule has 26 heavy (non-hydrogen) atoms. The molecular formula is C20H25N5O. The van der Waals surface area contributed by atoms with Gasteiger partial charge in [0.05, 0.1) is 5.69 Å². The summed E-state index contributed by atoms with van der Waals surface area (Å²) in [5, 5.41) is 8.87. The number of nitrogens with zero attached hydrogens (tertiary/aromatic N) is 4. The molecule has 136 valence electrons. The zero-order valence-corrected chi connectivity index (χ0v) is 14.9.